The number of benzene rings is 2. The molecule has 1 amide bonds. The van der Waals surface area contributed by atoms with Crippen molar-refractivity contribution in [1.29, 1.82) is 0 Å². The number of halogens is 2. The van der Waals surface area contributed by atoms with Gasteiger partial charge in [-0.1, -0.05) is 40.2 Å². The van der Waals surface area contributed by atoms with Crippen LogP contribution in [0.5, 0.6) is 0 Å². The monoisotopic (exact) mass is 379 g/mol. The third-order valence-electron chi connectivity index (χ3n) is 3.07. The molecule has 4 nitrogen and oxygen atoms in total. The van der Waals surface area contributed by atoms with Gasteiger partial charge in [-0.2, -0.15) is 0 Å². The van der Waals surface area contributed by atoms with Gasteiger partial charge in [0.15, 0.2) is 6.61 Å². The average molecular weight is 380 g/mol. The number of hydrogen-bond acceptors (Lipinski definition) is 3. The molecule has 0 aromatic heterocycles. The van der Waals surface area contributed by atoms with Gasteiger partial charge in [-0.15, -0.1) is 0 Å². The zero-order valence-corrected chi connectivity index (χ0v) is 13.8. The Hall–Kier alpha value is -2.21. The quantitative estimate of drug-likeness (QED) is 0.784. The molecule has 0 aliphatic rings. The van der Waals surface area contributed by atoms with Crippen molar-refractivity contribution in [1.82, 2.24) is 5.32 Å². The van der Waals surface area contributed by atoms with E-state index in [1.807, 2.05) is 0 Å². The predicted octanol–water partition coefficient (Wildman–Crippen LogP) is 3.10. The van der Waals surface area contributed by atoms with E-state index in [0.29, 0.717) is 17.5 Å². The highest BCUT2D eigenvalue weighted by Crippen LogP contribution is 2.12. The fraction of sp³-hybridized carbons (Fsp3) is 0.176. The molecular weight excluding hydrogens is 365 g/mol. The minimum atomic E-state index is -0.574. The molecule has 0 saturated carbocycles. The molecule has 0 radical (unpaired) electrons. The lowest BCUT2D eigenvalue weighted by Crippen LogP contribution is -2.30. The first-order valence-corrected chi connectivity index (χ1v) is 7.78. The summed E-state index contributed by atoms with van der Waals surface area (Å²) < 4.78 is 19.1. The third-order valence-corrected chi connectivity index (χ3v) is 3.56. The smallest absolute Gasteiger partial charge is 0.338 e. The molecule has 0 heterocycles. The fourth-order valence-electron chi connectivity index (χ4n) is 1.92. The van der Waals surface area contributed by atoms with Crippen molar-refractivity contribution in [2.24, 2.45) is 0 Å². The van der Waals surface area contributed by atoms with Gasteiger partial charge in [-0.25, -0.2) is 9.18 Å². The van der Waals surface area contributed by atoms with Gasteiger partial charge < -0.3 is 10.1 Å². The Balaban J connectivity index is 1.73. The zero-order valence-electron chi connectivity index (χ0n) is 12.2. The summed E-state index contributed by atoms with van der Waals surface area (Å²) in [6.07, 6.45) is 0.373. The van der Waals surface area contributed by atoms with Gasteiger partial charge in [-0.05, 0) is 36.2 Å². The summed E-state index contributed by atoms with van der Waals surface area (Å²) in [5, 5.41) is 2.58. The van der Waals surface area contributed by atoms with Crippen LogP contribution in [0.3, 0.4) is 0 Å². The highest BCUT2D eigenvalue weighted by Gasteiger charge is 2.10. The van der Waals surface area contributed by atoms with Gasteiger partial charge in [0, 0.05) is 11.0 Å². The number of amides is 1. The maximum absolute atomic E-state index is 13.4. The molecule has 0 aliphatic heterocycles. The zero-order chi connectivity index (χ0) is 16.7. The number of hydrogen-bond donors (Lipinski definition) is 1. The highest BCUT2D eigenvalue weighted by molar-refractivity contribution is 9.10. The molecule has 0 saturated heterocycles. The van der Waals surface area contributed by atoms with Gasteiger partial charge in [-0.3, -0.25) is 4.79 Å². The van der Waals surface area contributed by atoms with Crippen molar-refractivity contribution in [2.45, 2.75) is 6.42 Å². The minimum Gasteiger partial charge on any atom is -0.452 e. The van der Waals surface area contributed by atoms with Crippen LogP contribution < -0.4 is 5.32 Å². The second-order valence-corrected chi connectivity index (χ2v) is 5.69. The van der Waals surface area contributed by atoms with E-state index in [2.05, 4.69) is 21.2 Å². The lowest BCUT2D eigenvalue weighted by Gasteiger charge is -2.07. The van der Waals surface area contributed by atoms with Crippen molar-refractivity contribution < 1.29 is 18.7 Å². The van der Waals surface area contributed by atoms with Gasteiger partial charge in [0.25, 0.3) is 5.91 Å². The summed E-state index contributed by atoms with van der Waals surface area (Å²) in [4.78, 5) is 23.4. The van der Waals surface area contributed by atoms with Crippen LogP contribution in [0, 0.1) is 5.82 Å². The number of ether oxygens (including phenoxy) is 1. The van der Waals surface area contributed by atoms with Crippen LogP contribution in [0.15, 0.2) is 53.0 Å². The molecule has 23 heavy (non-hydrogen) atoms. The third kappa shape index (κ3) is 5.49. The van der Waals surface area contributed by atoms with Crippen molar-refractivity contribution in [3.8, 4) is 0 Å². The number of rotatable bonds is 6. The second kappa shape index (κ2) is 8.43. The lowest BCUT2D eigenvalue weighted by atomic mass is 10.1. The number of nitrogens with one attached hydrogen (secondary N) is 1. The molecule has 0 atom stereocenters. The Morgan fingerprint density at radius 3 is 2.65 bits per heavy atom. The average Bonchev–Trinajstić information content (AvgIpc) is 2.54. The van der Waals surface area contributed by atoms with Crippen LogP contribution in [0.4, 0.5) is 4.39 Å². The number of carbonyl (C=O) groups is 2. The topological polar surface area (TPSA) is 55.4 Å². The molecule has 2 aromatic rings. The standard InChI is InChI=1S/C17H15BrFNO3/c18-14-6-3-5-13(10-14)17(22)23-11-16(21)20-9-8-12-4-1-2-7-15(12)19/h1-7,10H,8-9,11H2,(H,20,21). The first-order valence-electron chi connectivity index (χ1n) is 6.99. The maximum atomic E-state index is 13.4. The van der Waals surface area contributed by atoms with E-state index in [-0.39, 0.29) is 19.0 Å². The predicted molar refractivity (Wildman–Crippen MR) is 87.5 cm³/mol. The molecule has 6 heteroatoms. The Kier molecular flexibility index (Phi) is 6.29. The van der Waals surface area contributed by atoms with Gasteiger partial charge in [0.2, 0.25) is 0 Å². The van der Waals surface area contributed by atoms with Crippen LogP contribution in [0.25, 0.3) is 0 Å². The van der Waals surface area contributed by atoms with E-state index in [9.17, 15) is 14.0 Å². The van der Waals surface area contributed by atoms with Crippen LogP contribution >= 0.6 is 15.9 Å². The van der Waals surface area contributed by atoms with Crippen molar-refractivity contribution >= 4 is 27.8 Å². The lowest BCUT2D eigenvalue weighted by molar-refractivity contribution is -0.124. The van der Waals surface area contributed by atoms with Crippen molar-refractivity contribution in [3.63, 3.8) is 0 Å². The Bertz CT molecular complexity index is 706. The van der Waals surface area contributed by atoms with E-state index in [4.69, 9.17) is 4.74 Å². The summed E-state index contributed by atoms with van der Waals surface area (Å²) in [5.74, 6) is -1.30. The first-order chi connectivity index (χ1) is 11.1. The molecule has 0 aliphatic carbocycles. The van der Waals surface area contributed by atoms with Crippen molar-refractivity contribution in [2.75, 3.05) is 13.2 Å². The number of carbonyl (C=O) groups excluding carboxylic acids is 2. The van der Waals surface area contributed by atoms with Gasteiger partial charge >= 0.3 is 5.97 Å². The van der Waals surface area contributed by atoms with Crippen LogP contribution in [-0.4, -0.2) is 25.0 Å². The van der Waals surface area contributed by atoms with Crippen LogP contribution in [-0.2, 0) is 16.0 Å². The Morgan fingerprint density at radius 1 is 1.13 bits per heavy atom. The summed E-state index contributed by atoms with van der Waals surface area (Å²) in [6.45, 7) is -0.100. The highest BCUT2D eigenvalue weighted by atomic mass is 79.9. The van der Waals surface area contributed by atoms with Crippen LogP contribution in [0.1, 0.15) is 15.9 Å². The summed E-state index contributed by atoms with van der Waals surface area (Å²) in [7, 11) is 0. The summed E-state index contributed by atoms with van der Waals surface area (Å²) in [5.41, 5.74) is 0.887. The maximum Gasteiger partial charge on any atom is 0.338 e. The first kappa shape index (κ1) is 17.1. The van der Waals surface area contributed by atoms with Gasteiger partial charge in [0.1, 0.15) is 5.82 Å². The SMILES string of the molecule is O=C(COC(=O)c1cccc(Br)c1)NCCc1ccccc1F. The molecule has 0 bridgehead atoms. The van der Waals surface area contributed by atoms with Crippen LogP contribution in [0.2, 0.25) is 0 Å². The number of esters is 1. The fourth-order valence-corrected chi connectivity index (χ4v) is 2.32. The summed E-state index contributed by atoms with van der Waals surface area (Å²) in [6, 6.07) is 13.1. The molecule has 0 spiro atoms. The molecule has 2 rings (SSSR count). The molecule has 1 N–H and O–H groups in total. The van der Waals surface area contributed by atoms with E-state index in [1.54, 1.807) is 42.5 Å². The van der Waals surface area contributed by atoms with Crippen molar-refractivity contribution in [3.05, 3.63) is 69.9 Å². The van der Waals surface area contributed by atoms with E-state index in [0.717, 1.165) is 4.47 Å². The second-order valence-electron chi connectivity index (χ2n) is 4.78. The van der Waals surface area contributed by atoms with Gasteiger partial charge in [0.05, 0.1) is 5.56 Å². The molecule has 2 aromatic carbocycles. The van der Waals surface area contributed by atoms with E-state index < -0.39 is 11.9 Å². The van der Waals surface area contributed by atoms with E-state index >= 15 is 0 Å². The largest absolute Gasteiger partial charge is 0.452 e. The molecular formula is C17H15BrFNO3. The Labute approximate surface area is 141 Å². The van der Waals surface area contributed by atoms with E-state index in [1.165, 1.54) is 6.07 Å². The minimum absolute atomic E-state index is 0.272. The molecule has 0 fully saturated rings. The molecule has 120 valence electrons. The Morgan fingerprint density at radius 2 is 1.91 bits per heavy atom. The molecule has 0 unspecified atom stereocenters. The summed E-state index contributed by atoms with van der Waals surface area (Å²) >= 11 is 3.25. The normalized spacial score (nSPS) is 10.2.